The molecule has 2 aromatic rings. The fourth-order valence-electron chi connectivity index (χ4n) is 3.04. The van der Waals surface area contributed by atoms with Gasteiger partial charge in [-0.15, -0.1) is 11.8 Å². The molecule has 0 bridgehead atoms. The topological polar surface area (TPSA) is 50.2 Å². The first-order chi connectivity index (χ1) is 10.1. The highest BCUT2D eigenvalue weighted by Crippen LogP contribution is 2.36. The standard InChI is InChI=1S/C17H19NO2S/c1-11-4-2-5-12(10-11)21-16-9-8-13-14(17(19)20)6-3-7-15(13)18-16/h3,6-9,11-12H,2,4-5,10H2,1H3,(H,19,20). The molecule has 0 amide bonds. The van der Waals surface area contributed by atoms with Crippen molar-refractivity contribution in [2.45, 2.75) is 42.9 Å². The largest absolute Gasteiger partial charge is 0.478 e. The van der Waals surface area contributed by atoms with Gasteiger partial charge in [-0.05, 0) is 43.0 Å². The summed E-state index contributed by atoms with van der Waals surface area (Å²) >= 11 is 1.84. The minimum atomic E-state index is -0.899. The average molecular weight is 301 g/mol. The third kappa shape index (κ3) is 3.21. The Balaban J connectivity index is 1.86. The molecule has 0 saturated heterocycles. The van der Waals surface area contributed by atoms with Crippen LogP contribution in [-0.2, 0) is 0 Å². The molecule has 1 aliphatic rings. The Kier molecular flexibility index (Phi) is 4.15. The van der Waals surface area contributed by atoms with Gasteiger partial charge in [0.05, 0.1) is 16.1 Å². The van der Waals surface area contributed by atoms with Crippen LogP contribution >= 0.6 is 11.8 Å². The van der Waals surface area contributed by atoms with Crippen molar-refractivity contribution in [3.63, 3.8) is 0 Å². The Labute approximate surface area is 128 Å². The molecule has 1 N–H and O–H groups in total. The highest BCUT2D eigenvalue weighted by molar-refractivity contribution is 7.99. The van der Waals surface area contributed by atoms with Crippen LogP contribution in [0.4, 0.5) is 0 Å². The van der Waals surface area contributed by atoms with Crippen LogP contribution < -0.4 is 0 Å². The predicted octanol–water partition coefficient (Wildman–Crippen LogP) is 4.60. The van der Waals surface area contributed by atoms with Crippen LogP contribution in [0.3, 0.4) is 0 Å². The number of rotatable bonds is 3. The van der Waals surface area contributed by atoms with E-state index in [0.29, 0.717) is 16.2 Å². The van der Waals surface area contributed by atoms with E-state index < -0.39 is 5.97 Å². The lowest BCUT2D eigenvalue weighted by molar-refractivity contribution is 0.0699. The quantitative estimate of drug-likeness (QED) is 0.900. The summed E-state index contributed by atoms with van der Waals surface area (Å²) in [5, 5.41) is 11.6. The van der Waals surface area contributed by atoms with Crippen LogP contribution in [0.2, 0.25) is 0 Å². The normalized spacial score (nSPS) is 22.3. The van der Waals surface area contributed by atoms with Gasteiger partial charge in [-0.1, -0.05) is 25.8 Å². The number of nitrogens with zero attached hydrogens (tertiary/aromatic N) is 1. The van der Waals surface area contributed by atoms with E-state index in [1.165, 1.54) is 25.7 Å². The van der Waals surface area contributed by atoms with E-state index in [9.17, 15) is 9.90 Å². The molecule has 1 saturated carbocycles. The molecule has 0 spiro atoms. The van der Waals surface area contributed by atoms with Gasteiger partial charge in [0.25, 0.3) is 0 Å². The van der Waals surface area contributed by atoms with Gasteiger partial charge < -0.3 is 5.11 Å². The summed E-state index contributed by atoms with van der Waals surface area (Å²) in [7, 11) is 0. The summed E-state index contributed by atoms with van der Waals surface area (Å²) in [6.07, 6.45) is 5.14. The molecular formula is C17H19NO2S. The van der Waals surface area contributed by atoms with Crippen molar-refractivity contribution in [3.8, 4) is 0 Å². The number of aromatic nitrogens is 1. The number of carbonyl (C=O) groups is 1. The summed E-state index contributed by atoms with van der Waals surface area (Å²) < 4.78 is 0. The minimum Gasteiger partial charge on any atom is -0.478 e. The maximum atomic E-state index is 11.2. The Bertz CT molecular complexity index is 671. The summed E-state index contributed by atoms with van der Waals surface area (Å²) in [4.78, 5) is 15.9. The molecule has 0 radical (unpaired) electrons. The molecule has 1 aromatic carbocycles. The second kappa shape index (κ2) is 6.06. The van der Waals surface area contributed by atoms with Crippen LogP contribution in [0.1, 0.15) is 43.0 Å². The van der Waals surface area contributed by atoms with Crippen LogP contribution in [-0.4, -0.2) is 21.3 Å². The lowest BCUT2D eigenvalue weighted by Crippen LogP contribution is -2.15. The molecule has 3 nitrogen and oxygen atoms in total. The fraction of sp³-hybridized carbons (Fsp3) is 0.412. The molecule has 2 unspecified atom stereocenters. The van der Waals surface area contributed by atoms with E-state index >= 15 is 0 Å². The predicted molar refractivity (Wildman–Crippen MR) is 86.0 cm³/mol. The zero-order valence-corrected chi connectivity index (χ0v) is 12.9. The maximum absolute atomic E-state index is 11.2. The van der Waals surface area contributed by atoms with E-state index in [4.69, 9.17) is 0 Å². The molecule has 1 fully saturated rings. The third-order valence-corrected chi connectivity index (χ3v) is 5.34. The molecule has 110 valence electrons. The smallest absolute Gasteiger partial charge is 0.336 e. The Morgan fingerprint density at radius 1 is 1.29 bits per heavy atom. The van der Waals surface area contributed by atoms with Gasteiger partial charge in [0.15, 0.2) is 0 Å². The van der Waals surface area contributed by atoms with E-state index in [0.717, 1.165) is 16.5 Å². The van der Waals surface area contributed by atoms with Crippen molar-refractivity contribution >= 4 is 28.6 Å². The fourth-order valence-corrected chi connectivity index (χ4v) is 4.39. The molecule has 2 atom stereocenters. The first-order valence-corrected chi connectivity index (χ1v) is 8.31. The molecule has 3 rings (SSSR count). The van der Waals surface area contributed by atoms with Gasteiger partial charge in [0.1, 0.15) is 0 Å². The maximum Gasteiger partial charge on any atom is 0.336 e. The first-order valence-electron chi connectivity index (χ1n) is 7.43. The SMILES string of the molecule is CC1CCCC(Sc2ccc3c(C(=O)O)cccc3n2)C1. The zero-order valence-electron chi connectivity index (χ0n) is 12.1. The Hall–Kier alpha value is -1.55. The third-order valence-electron chi connectivity index (χ3n) is 4.11. The van der Waals surface area contributed by atoms with Crippen LogP contribution in [0, 0.1) is 5.92 Å². The number of benzene rings is 1. The van der Waals surface area contributed by atoms with Gasteiger partial charge in [-0.2, -0.15) is 0 Å². The molecule has 1 aromatic heterocycles. The highest BCUT2D eigenvalue weighted by Gasteiger charge is 2.20. The molecule has 1 heterocycles. The van der Waals surface area contributed by atoms with Crippen LogP contribution in [0.25, 0.3) is 10.9 Å². The molecule has 21 heavy (non-hydrogen) atoms. The van der Waals surface area contributed by atoms with Crippen molar-refractivity contribution in [1.29, 1.82) is 0 Å². The van der Waals surface area contributed by atoms with Crippen LogP contribution in [0.5, 0.6) is 0 Å². The van der Waals surface area contributed by atoms with Gasteiger partial charge in [0.2, 0.25) is 0 Å². The number of aromatic carboxylic acids is 1. The summed E-state index contributed by atoms with van der Waals surface area (Å²) in [6, 6.07) is 9.12. The minimum absolute atomic E-state index is 0.322. The summed E-state index contributed by atoms with van der Waals surface area (Å²) in [6.45, 7) is 2.32. The second-order valence-electron chi connectivity index (χ2n) is 5.84. The van der Waals surface area contributed by atoms with Crippen LogP contribution in [0.15, 0.2) is 35.4 Å². The van der Waals surface area contributed by atoms with E-state index in [1.807, 2.05) is 30.0 Å². The van der Waals surface area contributed by atoms with Crippen molar-refractivity contribution < 1.29 is 9.90 Å². The number of hydrogen-bond donors (Lipinski definition) is 1. The number of pyridine rings is 1. The Morgan fingerprint density at radius 2 is 2.14 bits per heavy atom. The lowest BCUT2D eigenvalue weighted by Gasteiger charge is -2.25. The van der Waals surface area contributed by atoms with Crippen molar-refractivity contribution in [2.24, 2.45) is 5.92 Å². The van der Waals surface area contributed by atoms with Crippen molar-refractivity contribution in [3.05, 3.63) is 35.9 Å². The monoisotopic (exact) mass is 301 g/mol. The summed E-state index contributed by atoms with van der Waals surface area (Å²) in [5.74, 6) is -0.0979. The van der Waals surface area contributed by atoms with Gasteiger partial charge >= 0.3 is 5.97 Å². The number of fused-ring (bicyclic) bond motifs is 1. The number of carboxylic acid groups (broad SMARTS) is 1. The second-order valence-corrected chi connectivity index (χ2v) is 7.16. The Morgan fingerprint density at radius 3 is 2.90 bits per heavy atom. The molecule has 1 aliphatic carbocycles. The number of carboxylic acids is 1. The van der Waals surface area contributed by atoms with Crippen molar-refractivity contribution in [2.75, 3.05) is 0 Å². The zero-order chi connectivity index (χ0) is 14.8. The van der Waals surface area contributed by atoms with Gasteiger partial charge in [-0.3, -0.25) is 0 Å². The van der Waals surface area contributed by atoms with Crippen molar-refractivity contribution in [1.82, 2.24) is 4.98 Å². The van der Waals surface area contributed by atoms with E-state index in [-0.39, 0.29) is 0 Å². The van der Waals surface area contributed by atoms with E-state index in [1.54, 1.807) is 12.1 Å². The molecule has 0 aliphatic heterocycles. The molecule has 4 heteroatoms. The highest BCUT2D eigenvalue weighted by atomic mass is 32.2. The van der Waals surface area contributed by atoms with Gasteiger partial charge in [-0.25, -0.2) is 9.78 Å². The first kappa shape index (κ1) is 14.4. The average Bonchev–Trinajstić information content (AvgIpc) is 2.46. The van der Waals surface area contributed by atoms with Gasteiger partial charge in [0, 0.05) is 10.6 Å². The lowest BCUT2D eigenvalue weighted by atomic mass is 9.91. The number of thioether (sulfide) groups is 1. The van der Waals surface area contributed by atoms with E-state index in [2.05, 4.69) is 11.9 Å². The molecular weight excluding hydrogens is 282 g/mol. The number of hydrogen-bond acceptors (Lipinski definition) is 3. The summed E-state index contributed by atoms with van der Waals surface area (Å²) in [5.41, 5.74) is 1.09.